The summed E-state index contributed by atoms with van der Waals surface area (Å²) >= 11 is 9.42. The van der Waals surface area contributed by atoms with E-state index in [9.17, 15) is 0 Å². The van der Waals surface area contributed by atoms with Crippen molar-refractivity contribution in [2.75, 3.05) is 0 Å². The number of unbranched alkanes of at least 4 members (excludes halogenated alkanes) is 12. The molecule has 0 nitrogen and oxygen atoms in total. The van der Waals surface area contributed by atoms with E-state index in [-0.39, 0.29) is 0 Å². The predicted molar refractivity (Wildman–Crippen MR) is 111 cm³/mol. The second-order valence-electron chi connectivity index (χ2n) is 6.95. The molecule has 22 heavy (non-hydrogen) atoms. The average Bonchev–Trinajstić information content (AvgIpc) is 2.53. The van der Waals surface area contributed by atoms with Crippen molar-refractivity contribution in [2.24, 2.45) is 0 Å². The van der Waals surface area contributed by atoms with Gasteiger partial charge in [-0.2, -0.15) is 25.3 Å². The Kier molecular flexibility index (Phi) is 18.6. The minimum atomic E-state index is 0.496. The van der Waals surface area contributed by atoms with Gasteiger partial charge in [-0.3, -0.25) is 0 Å². The van der Waals surface area contributed by atoms with Gasteiger partial charge in [0.05, 0.1) is 0 Å². The number of rotatable bonds is 17. The summed E-state index contributed by atoms with van der Waals surface area (Å²) in [5, 5.41) is 0.994. The first-order chi connectivity index (χ1) is 10.7. The van der Waals surface area contributed by atoms with Crippen molar-refractivity contribution in [3.8, 4) is 0 Å². The zero-order valence-corrected chi connectivity index (χ0v) is 17.2. The molecule has 0 saturated heterocycles. The fraction of sp³-hybridized carbons (Fsp3) is 1.00. The van der Waals surface area contributed by atoms with Crippen molar-refractivity contribution in [1.82, 2.24) is 0 Å². The lowest BCUT2D eigenvalue weighted by atomic mass is 10.0. The van der Waals surface area contributed by atoms with E-state index in [1.165, 1.54) is 103 Å². The molecule has 0 bridgehead atoms. The first-order valence-corrected chi connectivity index (χ1v) is 11.1. The van der Waals surface area contributed by atoms with Crippen molar-refractivity contribution in [1.29, 1.82) is 0 Å². The molecule has 0 rings (SSSR count). The van der Waals surface area contributed by atoms with Crippen LogP contribution in [0.5, 0.6) is 0 Å². The molecule has 0 heterocycles. The Bertz CT molecular complexity index is 206. The van der Waals surface area contributed by atoms with Gasteiger partial charge in [0, 0.05) is 10.5 Å². The van der Waals surface area contributed by atoms with Crippen LogP contribution < -0.4 is 0 Å². The summed E-state index contributed by atoms with van der Waals surface area (Å²) in [6.45, 7) is 4.54. The molecule has 0 fully saturated rings. The molecule has 0 aliphatic carbocycles. The third kappa shape index (κ3) is 15.6. The molecule has 0 aromatic rings. The third-order valence-electron chi connectivity index (χ3n) is 4.65. The van der Waals surface area contributed by atoms with Crippen LogP contribution in [0.4, 0.5) is 0 Å². The van der Waals surface area contributed by atoms with Crippen LogP contribution >= 0.6 is 25.3 Å². The predicted octanol–water partition coefficient (Wildman–Crippen LogP) is 7.86. The highest BCUT2D eigenvalue weighted by atomic mass is 32.1. The van der Waals surface area contributed by atoms with E-state index in [2.05, 4.69) is 13.8 Å². The van der Waals surface area contributed by atoms with Crippen LogP contribution in [-0.2, 0) is 0 Å². The van der Waals surface area contributed by atoms with Gasteiger partial charge >= 0.3 is 0 Å². The largest absolute Gasteiger partial charge is 0.175 e. The van der Waals surface area contributed by atoms with Crippen LogP contribution in [0.3, 0.4) is 0 Å². The lowest BCUT2D eigenvalue weighted by molar-refractivity contribution is 0.533. The monoisotopic (exact) mass is 346 g/mol. The second kappa shape index (κ2) is 18.0. The van der Waals surface area contributed by atoms with E-state index in [1.54, 1.807) is 0 Å². The summed E-state index contributed by atoms with van der Waals surface area (Å²) in [6.07, 6.45) is 22.2. The molecule has 2 heteroatoms. The highest BCUT2D eigenvalue weighted by Crippen LogP contribution is 2.21. The first kappa shape index (κ1) is 22.7. The lowest BCUT2D eigenvalue weighted by Gasteiger charge is -2.17. The molecule has 0 aromatic heterocycles. The summed E-state index contributed by atoms with van der Waals surface area (Å²) in [5.41, 5.74) is 0. The van der Waals surface area contributed by atoms with Gasteiger partial charge in [0.15, 0.2) is 0 Å². The van der Waals surface area contributed by atoms with Crippen molar-refractivity contribution in [2.45, 2.75) is 127 Å². The molecule has 0 aliphatic heterocycles. The Morgan fingerprint density at radius 3 is 1.18 bits per heavy atom. The van der Waals surface area contributed by atoms with Gasteiger partial charge in [0.25, 0.3) is 0 Å². The van der Waals surface area contributed by atoms with E-state index < -0.39 is 0 Å². The molecule has 2 atom stereocenters. The highest BCUT2D eigenvalue weighted by molar-refractivity contribution is 7.85. The van der Waals surface area contributed by atoms with E-state index in [4.69, 9.17) is 25.3 Å². The molecule has 0 aliphatic rings. The van der Waals surface area contributed by atoms with Crippen LogP contribution in [0.25, 0.3) is 0 Å². The van der Waals surface area contributed by atoms with Gasteiger partial charge in [-0.15, -0.1) is 0 Å². The maximum Gasteiger partial charge on any atom is 0.0133 e. The fourth-order valence-electron chi connectivity index (χ4n) is 2.99. The number of hydrogen-bond donors (Lipinski definition) is 2. The Hall–Kier alpha value is 0.700. The van der Waals surface area contributed by atoms with Crippen molar-refractivity contribution in [3.05, 3.63) is 0 Å². The minimum Gasteiger partial charge on any atom is -0.175 e. The smallest absolute Gasteiger partial charge is 0.0133 e. The highest BCUT2D eigenvalue weighted by Gasteiger charge is 2.12. The van der Waals surface area contributed by atoms with Crippen molar-refractivity contribution >= 4 is 25.3 Å². The van der Waals surface area contributed by atoms with E-state index in [0.717, 1.165) is 0 Å². The molecule has 0 aromatic carbocycles. The second-order valence-corrected chi connectivity index (χ2v) is 8.28. The molecule has 0 radical (unpaired) electrons. The maximum atomic E-state index is 4.73. The lowest BCUT2D eigenvalue weighted by Crippen LogP contribution is -2.15. The zero-order valence-electron chi connectivity index (χ0n) is 15.4. The number of hydrogen-bond acceptors (Lipinski definition) is 2. The van der Waals surface area contributed by atoms with Crippen LogP contribution in [0, 0.1) is 0 Å². The zero-order chi connectivity index (χ0) is 16.5. The summed E-state index contributed by atoms with van der Waals surface area (Å²) in [7, 11) is 0. The van der Waals surface area contributed by atoms with Gasteiger partial charge in [-0.25, -0.2) is 0 Å². The van der Waals surface area contributed by atoms with E-state index in [0.29, 0.717) is 10.5 Å². The molecule has 2 unspecified atom stereocenters. The van der Waals surface area contributed by atoms with Crippen molar-refractivity contribution in [3.63, 3.8) is 0 Å². The number of thiol groups is 2. The van der Waals surface area contributed by atoms with Gasteiger partial charge in [0.2, 0.25) is 0 Å². The molecular formula is C20H42S2. The molecule has 0 N–H and O–H groups in total. The average molecular weight is 347 g/mol. The SMILES string of the molecule is CCCCCCCCCCCCCCC(S)C(S)CCCC. The van der Waals surface area contributed by atoms with Crippen LogP contribution in [0.2, 0.25) is 0 Å². The Balaban J connectivity index is 3.19. The van der Waals surface area contributed by atoms with Crippen LogP contribution in [-0.4, -0.2) is 10.5 Å². The normalized spacial score (nSPS) is 14.2. The van der Waals surface area contributed by atoms with E-state index in [1.807, 2.05) is 0 Å². The van der Waals surface area contributed by atoms with Crippen molar-refractivity contribution < 1.29 is 0 Å². The summed E-state index contributed by atoms with van der Waals surface area (Å²) < 4.78 is 0. The maximum absolute atomic E-state index is 4.73. The molecular weight excluding hydrogens is 304 g/mol. The fourth-order valence-corrected chi connectivity index (χ4v) is 3.66. The van der Waals surface area contributed by atoms with Gasteiger partial charge in [0.1, 0.15) is 0 Å². The van der Waals surface area contributed by atoms with E-state index >= 15 is 0 Å². The van der Waals surface area contributed by atoms with Crippen LogP contribution in [0.15, 0.2) is 0 Å². The Labute approximate surface area is 152 Å². The van der Waals surface area contributed by atoms with Crippen LogP contribution in [0.1, 0.15) is 117 Å². The van der Waals surface area contributed by atoms with Gasteiger partial charge < -0.3 is 0 Å². The molecule has 0 saturated carbocycles. The molecule has 0 spiro atoms. The van der Waals surface area contributed by atoms with Gasteiger partial charge in [-0.1, -0.05) is 104 Å². The molecule has 0 amide bonds. The Morgan fingerprint density at radius 2 is 0.773 bits per heavy atom. The quantitative estimate of drug-likeness (QED) is 0.194. The Morgan fingerprint density at radius 1 is 0.455 bits per heavy atom. The summed E-state index contributed by atoms with van der Waals surface area (Å²) in [4.78, 5) is 0. The first-order valence-electron chi connectivity index (χ1n) is 10.1. The minimum absolute atomic E-state index is 0.496. The summed E-state index contributed by atoms with van der Waals surface area (Å²) in [5.74, 6) is 0. The van der Waals surface area contributed by atoms with Gasteiger partial charge in [-0.05, 0) is 12.8 Å². The third-order valence-corrected chi connectivity index (χ3v) is 6.12. The summed E-state index contributed by atoms with van der Waals surface area (Å²) in [6, 6.07) is 0. The standard InChI is InChI=1S/C20H42S2/c1-3-5-7-8-9-10-11-12-13-14-15-16-18-20(22)19(21)17-6-4-2/h19-22H,3-18H2,1-2H3. The topological polar surface area (TPSA) is 0 Å². The molecule has 134 valence electrons.